The highest BCUT2D eigenvalue weighted by Gasteiger charge is 2.47. The third kappa shape index (κ3) is 3.85. The second kappa shape index (κ2) is 7.94. The van der Waals surface area contributed by atoms with Crippen molar-refractivity contribution >= 4 is 11.9 Å². The molecule has 0 spiro atoms. The third-order valence-corrected chi connectivity index (χ3v) is 3.74. The van der Waals surface area contributed by atoms with E-state index in [1.54, 1.807) is 13.8 Å². The maximum atomic E-state index is 12.3. The second-order valence-electron chi connectivity index (χ2n) is 5.23. The number of carbonyl (C=O) groups is 2. The van der Waals surface area contributed by atoms with Crippen LogP contribution in [0.25, 0.3) is 0 Å². The Labute approximate surface area is 130 Å². The lowest BCUT2D eigenvalue weighted by molar-refractivity contribution is -0.164. The summed E-state index contributed by atoms with van der Waals surface area (Å²) in [6.07, 6.45) is -0.201. The molecule has 1 aliphatic rings. The Bertz CT molecular complexity index is 499. The monoisotopic (exact) mass is 306 g/mol. The van der Waals surface area contributed by atoms with Crippen LogP contribution in [0.2, 0.25) is 0 Å². The van der Waals surface area contributed by atoms with Gasteiger partial charge in [0.25, 0.3) is 0 Å². The lowest BCUT2D eigenvalue weighted by Crippen LogP contribution is -2.37. The van der Waals surface area contributed by atoms with Gasteiger partial charge in [0.1, 0.15) is 0 Å². The van der Waals surface area contributed by atoms with Crippen LogP contribution < -0.4 is 0 Å². The Hall–Kier alpha value is -1.88. The lowest BCUT2D eigenvalue weighted by Gasteiger charge is -2.20. The summed E-state index contributed by atoms with van der Waals surface area (Å²) in [4.78, 5) is 24.3. The Kier molecular flexibility index (Phi) is 5.95. The zero-order valence-electron chi connectivity index (χ0n) is 13.0. The molecule has 1 saturated heterocycles. The standard InChI is InChI=1S/C17H22O5/c1-3-20-16(18)14-13(10-12-8-6-5-7-9-12)11-22-15(14)17(19)21-4-2/h5-9,13-15H,3-4,10-11H2,1-2H3/t13-,14-,15-/m1/s1. The van der Waals surface area contributed by atoms with Crippen LogP contribution in [0.5, 0.6) is 0 Å². The van der Waals surface area contributed by atoms with E-state index in [2.05, 4.69) is 0 Å². The molecular weight excluding hydrogens is 284 g/mol. The van der Waals surface area contributed by atoms with Gasteiger partial charge in [-0.15, -0.1) is 0 Å². The molecule has 1 fully saturated rings. The van der Waals surface area contributed by atoms with E-state index in [1.165, 1.54) is 0 Å². The van der Waals surface area contributed by atoms with Crippen LogP contribution in [-0.4, -0.2) is 37.9 Å². The molecule has 3 atom stereocenters. The minimum Gasteiger partial charge on any atom is -0.466 e. The summed E-state index contributed by atoms with van der Waals surface area (Å²) in [5.74, 6) is -1.58. The van der Waals surface area contributed by atoms with Crippen molar-refractivity contribution in [2.75, 3.05) is 19.8 Å². The third-order valence-electron chi connectivity index (χ3n) is 3.74. The minimum atomic E-state index is -0.868. The molecule has 1 heterocycles. The van der Waals surface area contributed by atoms with Crippen LogP contribution in [0.15, 0.2) is 30.3 Å². The molecule has 2 rings (SSSR count). The average Bonchev–Trinajstić information content (AvgIpc) is 2.92. The maximum absolute atomic E-state index is 12.3. The van der Waals surface area contributed by atoms with E-state index in [1.807, 2.05) is 30.3 Å². The summed E-state index contributed by atoms with van der Waals surface area (Å²) in [7, 11) is 0. The molecule has 1 aliphatic heterocycles. The van der Waals surface area contributed by atoms with Crippen molar-refractivity contribution in [3.8, 4) is 0 Å². The van der Waals surface area contributed by atoms with E-state index in [9.17, 15) is 9.59 Å². The Morgan fingerprint density at radius 3 is 2.36 bits per heavy atom. The number of rotatable bonds is 6. The van der Waals surface area contributed by atoms with Gasteiger partial charge >= 0.3 is 11.9 Å². The van der Waals surface area contributed by atoms with Crippen molar-refractivity contribution in [2.45, 2.75) is 26.4 Å². The summed E-state index contributed by atoms with van der Waals surface area (Å²) in [5.41, 5.74) is 1.11. The van der Waals surface area contributed by atoms with E-state index in [0.717, 1.165) is 5.56 Å². The summed E-state index contributed by atoms with van der Waals surface area (Å²) in [6.45, 7) is 4.37. The minimum absolute atomic E-state index is 0.0872. The van der Waals surface area contributed by atoms with Crippen LogP contribution in [0, 0.1) is 11.8 Å². The SMILES string of the molecule is CCOC(=O)[C@@H]1[C@H](Cc2ccccc2)CO[C@H]1C(=O)OCC. The molecule has 0 bridgehead atoms. The summed E-state index contributed by atoms with van der Waals surface area (Å²) >= 11 is 0. The Balaban J connectivity index is 2.14. The smallest absolute Gasteiger partial charge is 0.336 e. The summed E-state index contributed by atoms with van der Waals surface area (Å²) < 4.78 is 15.7. The van der Waals surface area contributed by atoms with E-state index in [-0.39, 0.29) is 25.1 Å². The first-order valence-corrected chi connectivity index (χ1v) is 7.66. The van der Waals surface area contributed by atoms with Crippen LogP contribution in [0.3, 0.4) is 0 Å². The largest absolute Gasteiger partial charge is 0.466 e. The van der Waals surface area contributed by atoms with Crippen molar-refractivity contribution < 1.29 is 23.8 Å². The number of esters is 2. The molecule has 0 aromatic heterocycles. The molecule has 0 aliphatic carbocycles. The highest BCUT2D eigenvalue weighted by molar-refractivity contribution is 5.84. The molecule has 120 valence electrons. The molecule has 0 N–H and O–H groups in total. The molecule has 0 unspecified atom stereocenters. The first kappa shape index (κ1) is 16.5. The predicted octanol–water partition coefficient (Wildman–Crippen LogP) is 1.99. The van der Waals surface area contributed by atoms with Gasteiger partial charge < -0.3 is 14.2 Å². The highest BCUT2D eigenvalue weighted by Crippen LogP contribution is 2.32. The lowest BCUT2D eigenvalue weighted by atomic mass is 9.86. The number of carbonyl (C=O) groups excluding carboxylic acids is 2. The van der Waals surface area contributed by atoms with Gasteiger partial charge in [-0.3, -0.25) is 4.79 Å². The normalized spacial score (nSPS) is 24.0. The summed E-state index contributed by atoms with van der Waals surface area (Å²) in [5, 5.41) is 0. The zero-order valence-corrected chi connectivity index (χ0v) is 13.0. The average molecular weight is 306 g/mol. The second-order valence-corrected chi connectivity index (χ2v) is 5.23. The van der Waals surface area contributed by atoms with E-state index >= 15 is 0 Å². The highest BCUT2D eigenvalue weighted by atomic mass is 16.6. The van der Waals surface area contributed by atoms with Gasteiger partial charge in [0.15, 0.2) is 6.10 Å². The van der Waals surface area contributed by atoms with Crippen LogP contribution >= 0.6 is 0 Å². The molecule has 1 aromatic rings. The van der Waals surface area contributed by atoms with Gasteiger partial charge in [-0.1, -0.05) is 30.3 Å². The summed E-state index contributed by atoms with van der Waals surface area (Å²) in [6, 6.07) is 9.85. The van der Waals surface area contributed by atoms with Crippen LogP contribution in [0.4, 0.5) is 0 Å². The van der Waals surface area contributed by atoms with Crippen molar-refractivity contribution in [1.82, 2.24) is 0 Å². The molecule has 0 radical (unpaired) electrons. The molecule has 0 saturated carbocycles. The van der Waals surface area contributed by atoms with Crippen molar-refractivity contribution in [3.05, 3.63) is 35.9 Å². The van der Waals surface area contributed by atoms with Gasteiger partial charge in [-0.2, -0.15) is 0 Å². The van der Waals surface area contributed by atoms with Crippen molar-refractivity contribution in [2.24, 2.45) is 11.8 Å². The van der Waals surface area contributed by atoms with Gasteiger partial charge in [0, 0.05) is 5.92 Å². The number of hydrogen-bond acceptors (Lipinski definition) is 5. The molecule has 0 amide bonds. The number of benzene rings is 1. The molecule has 1 aromatic carbocycles. The van der Waals surface area contributed by atoms with E-state index < -0.39 is 18.0 Å². The fraction of sp³-hybridized carbons (Fsp3) is 0.529. The van der Waals surface area contributed by atoms with Crippen molar-refractivity contribution in [1.29, 1.82) is 0 Å². The van der Waals surface area contributed by atoms with Gasteiger partial charge in [-0.25, -0.2) is 4.79 Å². The molecule has 5 nitrogen and oxygen atoms in total. The fourth-order valence-electron chi connectivity index (χ4n) is 2.78. The number of hydrogen-bond donors (Lipinski definition) is 0. The van der Waals surface area contributed by atoms with Gasteiger partial charge in [-0.05, 0) is 25.8 Å². The first-order chi connectivity index (χ1) is 10.7. The number of ether oxygens (including phenoxy) is 3. The molecular formula is C17H22O5. The van der Waals surface area contributed by atoms with Gasteiger partial charge in [0.2, 0.25) is 0 Å². The van der Waals surface area contributed by atoms with Crippen LogP contribution in [-0.2, 0) is 30.2 Å². The molecule has 22 heavy (non-hydrogen) atoms. The van der Waals surface area contributed by atoms with E-state index in [4.69, 9.17) is 14.2 Å². The van der Waals surface area contributed by atoms with E-state index in [0.29, 0.717) is 13.0 Å². The predicted molar refractivity (Wildman–Crippen MR) is 80.1 cm³/mol. The fourth-order valence-corrected chi connectivity index (χ4v) is 2.78. The topological polar surface area (TPSA) is 61.8 Å². The quantitative estimate of drug-likeness (QED) is 0.752. The van der Waals surface area contributed by atoms with Crippen molar-refractivity contribution in [3.63, 3.8) is 0 Å². The maximum Gasteiger partial charge on any atom is 0.336 e. The molecule has 5 heteroatoms. The van der Waals surface area contributed by atoms with Crippen LogP contribution in [0.1, 0.15) is 19.4 Å². The Morgan fingerprint density at radius 1 is 1.09 bits per heavy atom. The zero-order chi connectivity index (χ0) is 15.9. The Morgan fingerprint density at radius 2 is 1.73 bits per heavy atom. The first-order valence-electron chi connectivity index (χ1n) is 7.66. The van der Waals surface area contributed by atoms with Gasteiger partial charge in [0.05, 0.1) is 25.7 Å².